The standard InChI is InChI=1S/C14H10Cl2O2S/c15-14(16)13(17)10-6-8-12(9-7-10)19(18)11-4-2-1-3-5-11/h1-9,14H/t19-/m0/s1. The highest BCUT2D eigenvalue weighted by molar-refractivity contribution is 7.85. The summed E-state index contributed by atoms with van der Waals surface area (Å²) in [6.07, 6.45) is 0. The summed E-state index contributed by atoms with van der Waals surface area (Å²) in [6, 6.07) is 15.6. The molecule has 5 heteroatoms. The summed E-state index contributed by atoms with van der Waals surface area (Å²) >= 11 is 11.0. The van der Waals surface area contributed by atoms with Gasteiger partial charge in [-0.25, -0.2) is 4.21 Å². The molecule has 0 saturated carbocycles. The van der Waals surface area contributed by atoms with Crippen molar-refractivity contribution in [3.05, 3.63) is 60.2 Å². The van der Waals surface area contributed by atoms with Crippen LogP contribution in [0.1, 0.15) is 10.4 Å². The third-order valence-electron chi connectivity index (χ3n) is 2.51. The van der Waals surface area contributed by atoms with E-state index in [4.69, 9.17) is 23.2 Å². The Bertz CT molecular complexity index is 595. The third-order valence-corrected chi connectivity index (χ3v) is 4.31. The molecule has 0 N–H and O–H groups in total. The molecule has 19 heavy (non-hydrogen) atoms. The molecular formula is C14H10Cl2O2S. The van der Waals surface area contributed by atoms with Crippen molar-refractivity contribution < 1.29 is 9.00 Å². The van der Waals surface area contributed by atoms with Crippen molar-refractivity contribution in [1.29, 1.82) is 0 Å². The summed E-state index contributed by atoms with van der Waals surface area (Å²) in [4.78, 5) is 11.8. The average Bonchev–Trinajstić information content (AvgIpc) is 2.46. The number of carbonyl (C=O) groups excluding carboxylic acids is 1. The van der Waals surface area contributed by atoms with Gasteiger partial charge in [0.1, 0.15) is 0 Å². The normalized spacial score (nSPS) is 12.4. The first kappa shape index (κ1) is 14.3. The lowest BCUT2D eigenvalue weighted by atomic mass is 10.1. The minimum absolute atomic E-state index is 0.361. The number of hydrogen-bond donors (Lipinski definition) is 0. The molecule has 2 rings (SSSR count). The molecule has 1 atom stereocenters. The predicted octanol–water partition coefficient (Wildman–Crippen LogP) is 3.84. The second-order valence-electron chi connectivity index (χ2n) is 3.77. The zero-order valence-corrected chi connectivity index (χ0v) is 12.1. The Hall–Kier alpha value is -1.16. The van der Waals surface area contributed by atoms with Crippen molar-refractivity contribution in [3.8, 4) is 0 Å². The van der Waals surface area contributed by atoms with E-state index in [1.807, 2.05) is 18.2 Å². The number of hydrogen-bond acceptors (Lipinski definition) is 2. The Morgan fingerprint density at radius 2 is 1.42 bits per heavy atom. The van der Waals surface area contributed by atoms with Gasteiger partial charge in [-0.3, -0.25) is 4.79 Å². The highest BCUT2D eigenvalue weighted by Gasteiger charge is 2.14. The van der Waals surface area contributed by atoms with Gasteiger partial charge in [0, 0.05) is 15.4 Å². The maximum Gasteiger partial charge on any atom is 0.195 e. The zero-order chi connectivity index (χ0) is 13.8. The number of alkyl halides is 2. The first-order chi connectivity index (χ1) is 9.09. The second-order valence-corrected chi connectivity index (χ2v) is 6.35. The lowest BCUT2D eigenvalue weighted by Crippen LogP contribution is -2.07. The Labute approximate surface area is 123 Å². The summed E-state index contributed by atoms with van der Waals surface area (Å²) in [5.74, 6) is -0.361. The Balaban J connectivity index is 2.24. The van der Waals surface area contributed by atoms with Crippen molar-refractivity contribution in [3.63, 3.8) is 0 Å². The zero-order valence-electron chi connectivity index (χ0n) is 9.75. The molecule has 0 aliphatic rings. The van der Waals surface area contributed by atoms with Crippen LogP contribution in [-0.2, 0) is 10.8 Å². The van der Waals surface area contributed by atoms with Gasteiger partial charge >= 0.3 is 0 Å². The highest BCUT2D eigenvalue weighted by atomic mass is 35.5. The molecule has 0 saturated heterocycles. The molecule has 0 heterocycles. The van der Waals surface area contributed by atoms with Gasteiger partial charge in [0.15, 0.2) is 10.6 Å². The molecule has 98 valence electrons. The van der Waals surface area contributed by atoms with E-state index in [0.29, 0.717) is 15.4 Å². The van der Waals surface area contributed by atoms with E-state index in [0.717, 1.165) is 0 Å². The fourth-order valence-electron chi connectivity index (χ4n) is 1.55. The Kier molecular flexibility index (Phi) is 4.75. The van der Waals surface area contributed by atoms with Gasteiger partial charge in [0.05, 0.1) is 10.8 Å². The molecular weight excluding hydrogens is 303 g/mol. The molecule has 0 amide bonds. The minimum atomic E-state index is -1.26. The maximum atomic E-state index is 12.2. The van der Waals surface area contributed by atoms with Crippen LogP contribution >= 0.6 is 23.2 Å². The number of benzene rings is 2. The molecule has 0 aromatic heterocycles. The van der Waals surface area contributed by atoms with Crippen LogP contribution in [0.2, 0.25) is 0 Å². The topological polar surface area (TPSA) is 34.1 Å². The summed E-state index contributed by atoms with van der Waals surface area (Å²) in [5, 5.41) is 0. The van der Waals surface area contributed by atoms with E-state index in [1.54, 1.807) is 36.4 Å². The van der Waals surface area contributed by atoms with Crippen LogP contribution in [0.15, 0.2) is 64.4 Å². The lowest BCUT2D eigenvalue weighted by molar-refractivity contribution is 0.101. The van der Waals surface area contributed by atoms with Crippen molar-refractivity contribution in [2.45, 2.75) is 14.6 Å². The van der Waals surface area contributed by atoms with E-state index < -0.39 is 15.6 Å². The van der Waals surface area contributed by atoms with Crippen LogP contribution in [-0.4, -0.2) is 14.8 Å². The number of rotatable bonds is 4. The molecule has 2 aromatic carbocycles. The van der Waals surface area contributed by atoms with Gasteiger partial charge in [-0.1, -0.05) is 53.5 Å². The predicted molar refractivity (Wildman–Crippen MR) is 77.4 cm³/mol. The van der Waals surface area contributed by atoms with Crippen LogP contribution in [0, 0.1) is 0 Å². The van der Waals surface area contributed by atoms with Crippen LogP contribution in [0.3, 0.4) is 0 Å². The van der Waals surface area contributed by atoms with Crippen molar-refractivity contribution in [2.75, 3.05) is 0 Å². The van der Waals surface area contributed by atoms with Crippen molar-refractivity contribution >= 4 is 39.8 Å². The molecule has 0 aliphatic heterocycles. The number of halogens is 2. The van der Waals surface area contributed by atoms with Crippen molar-refractivity contribution in [2.24, 2.45) is 0 Å². The third kappa shape index (κ3) is 3.44. The maximum absolute atomic E-state index is 12.2. The van der Waals surface area contributed by atoms with Gasteiger partial charge < -0.3 is 0 Å². The molecule has 0 fully saturated rings. The number of ketones is 1. The molecule has 0 bridgehead atoms. The van der Waals surface area contributed by atoms with E-state index >= 15 is 0 Å². The minimum Gasteiger partial charge on any atom is -0.291 e. The molecule has 0 radical (unpaired) electrons. The van der Waals surface area contributed by atoms with Crippen LogP contribution in [0.5, 0.6) is 0 Å². The monoisotopic (exact) mass is 312 g/mol. The average molecular weight is 313 g/mol. The molecule has 2 aromatic rings. The first-order valence-electron chi connectivity index (χ1n) is 5.49. The Morgan fingerprint density at radius 1 is 0.895 bits per heavy atom. The summed E-state index contributed by atoms with van der Waals surface area (Å²) < 4.78 is 12.2. The van der Waals surface area contributed by atoms with E-state index in [2.05, 4.69) is 0 Å². The molecule has 0 aliphatic carbocycles. The van der Waals surface area contributed by atoms with Crippen LogP contribution < -0.4 is 0 Å². The van der Waals surface area contributed by atoms with E-state index in [9.17, 15) is 9.00 Å². The van der Waals surface area contributed by atoms with Gasteiger partial charge in [0.25, 0.3) is 0 Å². The van der Waals surface area contributed by atoms with Gasteiger partial charge in [-0.05, 0) is 24.3 Å². The summed E-state index contributed by atoms with van der Waals surface area (Å²) in [6.45, 7) is 0. The van der Waals surface area contributed by atoms with Gasteiger partial charge in [0.2, 0.25) is 0 Å². The molecule has 2 nitrogen and oxygen atoms in total. The molecule has 0 spiro atoms. The number of carbonyl (C=O) groups is 1. The van der Waals surface area contributed by atoms with E-state index in [1.165, 1.54) is 0 Å². The highest BCUT2D eigenvalue weighted by Crippen LogP contribution is 2.18. The second kappa shape index (κ2) is 6.33. The van der Waals surface area contributed by atoms with Crippen LogP contribution in [0.4, 0.5) is 0 Å². The SMILES string of the molecule is O=C(c1ccc([S@@](=O)c2ccccc2)cc1)C(Cl)Cl. The number of Topliss-reactive ketones (excluding diaryl/α,β-unsaturated/α-hetero) is 1. The summed E-state index contributed by atoms with van der Waals surface area (Å²) in [7, 11) is -1.26. The van der Waals surface area contributed by atoms with Gasteiger partial charge in [-0.2, -0.15) is 0 Å². The van der Waals surface area contributed by atoms with Crippen molar-refractivity contribution in [1.82, 2.24) is 0 Å². The fourth-order valence-corrected chi connectivity index (χ4v) is 2.86. The lowest BCUT2D eigenvalue weighted by Gasteiger charge is -2.04. The van der Waals surface area contributed by atoms with E-state index in [-0.39, 0.29) is 5.78 Å². The smallest absolute Gasteiger partial charge is 0.195 e. The summed E-state index contributed by atoms with van der Waals surface area (Å²) in [5.41, 5.74) is 0.406. The fraction of sp³-hybridized carbons (Fsp3) is 0.0714. The Morgan fingerprint density at radius 3 is 1.95 bits per heavy atom. The first-order valence-corrected chi connectivity index (χ1v) is 7.51. The quantitative estimate of drug-likeness (QED) is 0.635. The van der Waals surface area contributed by atoms with Gasteiger partial charge in [-0.15, -0.1) is 0 Å². The molecule has 0 unspecified atom stereocenters. The van der Waals surface area contributed by atoms with Crippen LogP contribution in [0.25, 0.3) is 0 Å². The largest absolute Gasteiger partial charge is 0.291 e.